The summed E-state index contributed by atoms with van der Waals surface area (Å²) in [6.45, 7) is 5.36. The highest BCUT2D eigenvalue weighted by atomic mass is 16.5. The van der Waals surface area contributed by atoms with Crippen LogP contribution in [0.5, 0.6) is 0 Å². The molecule has 1 heterocycles. The molecule has 1 rings (SSSR count). The summed E-state index contributed by atoms with van der Waals surface area (Å²) in [5.74, 6) is 1.60. The maximum atomic E-state index is 5.48. The van der Waals surface area contributed by atoms with E-state index in [9.17, 15) is 0 Å². The minimum absolute atomic E-state index is 0.527. The zero-order valence-corrected chi connectivity index (χ0v) is 6.31. The highest BCUT2D eigenvalue weighted by molar-refractivity contribution is 4.89. The van der Waals surface area contributed by atoms with E-state index in [0.717, 1.165) is 13.0 Å². The SMILES string of the molecule is CCC1C[C](C)CCO1. The van der Waals surface area contributed by atoms with Crippen LogP contribution in [0.1, 0.15) is 33.1 Å². The van der Waals surface area contributed by atoms with Gasteiger partial charge in [0.15, 0.2) is 0 Å². The van der Waals surface area contributed by atoms with E-state index in [4.69, 9.17) is 4.74 Å². The highest BCUT2D eigenvalue weighted by Gasteiger charge is 2.17. The van der Waals surface area contributed by atoms with Crippen LogP contribution in [0, 0.1) is 5.92 Å². The van der Waals surface area contributed by atoms with Gasteiger partial charge in [0.2, 0.25) is 0 Å². The maximum Gasteiger partial charge on any atom is 0.0577 e. The molecule has 1 radical (unpaired) electrons. The molecule has 0 saturated carbocycles. The van der Waals surface area contributed by atoms with Gasteiger partial charge in [-0.1, -0.05) is 13.8 Å². The molecule has 1 aliphatic rings. The summed E-state index contributed by atoms with van der Waals surface area (Å²) in [4.78, 5) is 0. The fourth-order valence-corrected chi connectivity index (χ4v) is 1.21. The molecular formula is C8H15O. The Morgan fingerprint density at radius 1 is 1.67 bits per heavy atom. The first-order valence-corrected chi connectivity index (χ1v) is 3.76. The molecule has 0 bridgehead atoms. The zero-order chi connectivity index (χ0) is 6.69. The summed E-state index contributed by atoms with van der Waals surface area (Å²) in [5.41, 5.74) is 0. The lowest BCUT2D eigenvalue weighted by Gasteiger charge is -2.25. The van der Waals surface area contributed by atoms with E-state index in [1.54, 1.807) is 5.92 Å². The molecule has 1 heteroatoms. The molecule has 53 valence electrons. The van der Waals surface area contributed by atoms with Gasteiger partial charge in [-0.15, -0.1) is 0 Å². The first-order chi connectivity index (χ1) is 4.33. The summed E-state index contributed by atoms with van der Waals surface area (Å²) >= 11 is 0. The van der Waals surface area contributed by atoms with Crippen molar-refractivity contribution in [3.8, 4) is 0 Å². The van der Waals surface area contributed by atoms with Crippen molar-refractivity contribution in [1.29, 1.82) is 0 Å². The molecule has 1 aliphatic heterocycles. The topological polar surface area (TPSA) is 9.23 Å². The van der Waals surface area contributed by atoms with Crippen molar-refractivity contribution in [2.75, 3.05) is 6.61 Å². The van der Waals surface area contributed by atoms with Gasteiger partial charge >= 0.3 is 0 Å². The van der Waals surface area contributed by atoms with Gasteiger partial charge in [0.05, 0.1) is 6.10 Å². The Morgan fingerprint density at radius 2 is 2.44 bits per heavy atom. The summed E-state index contributed by atoms with van der Waals surface area (Å²) in [6.07, 6.45) is 4.06. The Labute approximate surface area is 57.4 Å². The smallest absolute Gasteiger partial charge is 0.0577 e. The minimum atomic E-state index is 0.527. The van der Waals surface area contributed by atoms with E-state index < -0.39 is 0 Å². The van der Waals surface area contributed by atoms with E-state index in [-0.39, 0.29) is 0 Å². The number of rotatable bonds is 1. The molecule has 0 aromatic rings. The molecule has 1 nitrogen and oxygen atoms in total. The molecule has 1 fully saturated rings. The molecule has 9 heavy (non-hydrogen) atoms. The first-order valence-electron chi connectivity index (χ1n) is 3.76. The van der Waals surface area contributed by atoms with Crippen LogP contribution in [0.3, 0.4) is 0 Å². The fourth-order valence-electron chi connectivity index (χ4n) is 1.21. The van der Waals surface area contributed by atoms with E-state index in [0.29, 0.717) is 6.10 Å². The number of hydrogen-bond acceptors (Lipinski definition) is 1. The molecule has 1 atom stereocenters. The Kier molecular flexibility index (Phi) is 2.52. The van der Waals surface area contributed by atoms with Crippen LogP contribution >= 0.6 is 0 Å². The summed E-state index contributed by atoms with van der Waals surface area (Å²) < 4.78 is 5.48. The van der Waals surface area contributed by atoms with E-state index >= 15 is 0 Å². The van der Waals surface area contributed by atoms with Crippen molar-refractivity contribution >= 4 is 0 Å². The fraction of sp³-hybridized carbons (Fsp3) is 0.875. The predicted octanol–water partition coefficient (Wildman–Crippen LogP) is 2.17. The largest absolute Gasteiger partial charge is 0.378 e. The highest BCUT2D eigenvalue weighted by Crippen LogP contribution is 2.22. The quantitative estimate of drug-likeness (QED) is 0.524. The second-order valence-electron chi connectivity index (χ2n) is 2.81. The van der Waals surface area contributed by atoms with Gasteiger partial charge in [-0.3, -0.25) is 0 Å². The summed E-state index contributed by atoms with van der Waals surface area (Å²) in [7, 11) is 0. The molecule has 0 spiro atoms. The second kappa shape index (κ2) is 3.21. The van der Waals surface area contributed by atoms with Crippen molar-refractivity contribution < 1.29 is 4.74 Å². The van der Waals surface area contributed by atoms with Crippen molar-refractivity contribution in [2.45, 2.75) is 39.2 Å². The van der Waals surface area contributed by atoms with Crippen LogP contribution in [0.25, 0.3) is 0 Å². The zero-order valence-electron chi connectivity index (χ0n) is 6.31. The number of ether oxygens (including phenoxy) is 1. The molecule has 0 aromatic carbocycles. The van der Waals surface area contributed by atoms with Crippen molar-refractivity contribution in [3.63, 3.8) is 0 Å². The van der Waals surface area contributed by atoms with E-state index in [2.05, 4.69) is 13.8 Å². The van der Waals surface area contributed by atoms with Crippen LogP contribution in [0.4, 0.5) is 0 Å². The standard InChI is InChI=1S/C8H15O/c1-3-8-6-7(2)4-5-9-8/h8H,3-6H2,1-2H3. The van der Waals surface area contributed by atoms with E-state index in [1.165, 1.54) is 12.8 Å². The minimum Gasteiger partial charge on any atom is -0.378 e. The van der Waals surface area contributed by atoms with Gasteiger partial charge in [0.25, 0.3) is 0 Å². The van der Waals surface area contributed by atoms with Crippen LogP contribution in [-0.4, -0.2) is 12.7 Å². The van der Waals surface area contributed by atoms with Crippen molar-refractivity contribution in [1.82, 2.24) is 0 Å². The van der Waals surface area contributed by atoms with Gasteiger partial charge in [0.1, 0.15) is 0 Å². The second-order valence-corrected chi connectivity index (χ2v) is 2.81. The molecule has 0 aromatic heterocycles. The van der Waals surface area contributed by atoms with Gasteiger partial charge in [-0.25, -0.2) is 0 Å². The van der Waals surface area contributed by atoms with Crippen LogP contribution in [0.2, 0.25) is 0 Å². The number of hydrogen-bond donors (Lipinski definition) is 0. The summed E-state index contributed by atoms with van der Waals surface area (Å²) in [6, 6.07) is 0. The van der Waals surface area contributed by atoms with Crippen molar-refractivity contribution in [2.24, 2.45) is 0 Å². The van der Waals surface area contributed by atoms with Crippen LogP contribution < -0.4 is 0 Å². The molecule has 0 N–H and O–H groups in total. The molecule has 1 unspecified atom stereocenters. The first kappa shape index (κ1) is 7.07. The average Bonchev–Trinajstić information content (AvgIpc) is 1.88. The molecule has 0 aliphatic carbocycles. The van der Waals surface area contributed by atoms with Gasteiger partial charge in [0, 0.05) is 6.61 Å². The molecular weight excluding hydrogens is 112 g/mol. The Bertz CT molecular complexity index is 80.6. The lowest BCUT2D eigenvalue weighted by Crippen LogP contribution is -2.22. The maximum absolute atomic E-state index is 5.48. The third-order valence-corrected chi connectivity index (χ3v) is 1.91. The third-order valence-electron chi connectivity index (χ3n) is 1.91. The summed E-state index contributed by atoms with van der Waals surface area (Å²) in [5, 5.41) is 0. The van der Waals surface area contributed by atoms with Crippen molar-refractivity contribution in [3.05, 3.63) is 5.92 Å². The lowest BCUT2D eigenvalue weighted by molar-refractivity contribution is 0.0238. The molecule has 0 amide bonds. The van der Waals surface area contributed by atoms with Gasteiger partial charge in [-0.2, -0.15) is 0 Å². The van der Waals surface area contributed by atoms with Gasteiger partial charge in [-0.05, 0) is 25.2 Å². The average molecular weight is 127 g/mol. The third kappa shape index (κ3) is 1.98. The van der Waals surface area contributed by atoms with Crippen LogP contribution in [-0.2, 0) is 4.74 Å². The van der Waals surface area contributed by atoms with Gasteiger partial charge < -0.3 is 4.74 Å². The Balaban J connectivity index is 2.23. The van der Waals surface area contributed by atoms with E-state index in [1.807, 2.05) is 0 Å². The lowest BCUT2D eigenvalue weighted by atomic mass is 9.97. The monoisotopic (exact) mass is 127 g/mol. The normalized spacial score (nSPS) is 30.7. The Morgan fingerprint density at radius 3 is 2.89 bits per heavy atom. The van der Waals surface area contributed by atoms with Crippen LogP contribution in [0.15, 0.2) is 0 Å². The Hall–Kier alpha value is -0.0400. The molecule has 1 saturated heterocycles. The predicted molar refractivity (Wildman–Crippen MR) is 38.2 cm³/mol.